The van der Waals surface area contributed by atoms with Crippen LogP contribution in [0.25, 0.3) is 0 Å². The van der Waals surface area contributed by atoms with E-state index >= 15 is 0 Å². The zero-order valence-electron chi connectivity index (χ0n) is 6.57. The lowest BCUT2D eigenvalue weighted by Crippen LogP contribution is -2.06. The third kappa shape index (κ3) is 1.83. The number of Topliss-reactive ketones (excluding diaryl/α,β-unsaturated/α-hetero) is 1. The summed E-state index contributed by atoms with van der Waals surface area (Å²) in [6, 6.07) is 0. The number of carbonyl (C=O) groups is 1. The van der Waals surface area contributed by atoms with Crippen LogP contribution in [0, 0.1) is 0 Å². The molecular formula is C7H10N2OS. The van der Waals surface area contributed by atoms with Crippen LogP contribution in [-0.4, -0.2) is 15.1 Å². The maximum Gasteiger partial charge on any atom is 0.139 e. The van der Waals surface area contributed by atoms with Crippen LogP contribution >= 0.6 is 11.5 Å². The second kappa shape index (κ2) is 3.57. The summed E-state index contributed by atoms with van der Waals surface area (Å²) >= 11 is 1.30. The molecule has 1 atom stereocenters. The van der Waals surface area contributed by atoms with Gasteiger partial charge >= 0.3 is 0 Å². The fourth-order valence-corrected chi connectivity index (χ4v) is 1.73. The van der Waals surface area contributed by atoms with E-state index in [0.717, 1.165) is 11.4 Å². The van der Waals surface area contributed by atoms with Crippen LogP contribution in [0.5, 0.6) is 0 Å². The molecule has 0 amide bonds. The smallest absolute Gasteiger partial charge is 0.139 e. The Morgan fingerprint density at radius 1 is 1.82 bits per heavy atom. The third-order valence-corrected chi connectivity index (χ3v) is 2.35. The second-order valence-electron chi connectivity index (χ2n) is 2.35. The molecule has 1 aromatic heterocycles. The first-order valence-electron chi connectivity index (χ1n) is 3.52. The molecule has 11 heavy (non-hydrogen) atoms. The monoisotopic (exact) mass is 170 g/mol. The molecule has 0 aliphatic carbocycles. The Kier molecular flexibility index (Phi) is 2.70. The normalized spacial score (nSPS) is 12.9. The molecule has 4 heteroatoms. The highest BCUT2D eigenvalue weighted by molar-refractivity contribution is 7.05. The van der Waals surface area contributed by atoms with E-state index in [1.165, 1.54) is 17.9 Å². The Hall–Kier alpha value is -0.770. The van der Waals surface area contributed by atoms with E-state index in [4.69, 9.17) is 0 Å². The van der Waals surface area contributed by atoms with E-state index in [1.54, 1.807) is 6.92 Å². The van der Waals surface area contributed by atoms with Crippen LogP contribution < -0.4 is 0 Å². The molecule has 0 radical (unpaired) electrons. The van der Waals surface area contributed by atoms with Gasteiger partial charge in [0.1, 0.15) is 17.1 Å². The average molecular weight is 170 g/mol. The van der Waals surface area contributed by atoms with Crippen molar-refractivity contribution in [3.05, 3.63) is 11.3 Å². The van der Waals surface area contributed by atoms with E-state index in [1.807, 2.05) is 6.92 Å². The fourth-order valence-electron chi connectivity index (χ4n) is 0.971. The molecule has 1 heterocycles. The third-order valence-electron chi connectivity index (χ3n) is 1.58. The topological polar surface area (TPSA) is 42.9 Å². The minimum Gasteiger partial charge on any atom is -0.299 e. The fraction of sp³-hybridized carbons (Fsp3) is 0.571. The van der Waals surface area contributed by atoms with Crippen molar-refractivity contribution in [3.63, 3.8) is 0 Å². The minimum atomic E-state index is -0.0394. The van der Waals surface area contributed by atoms with Crippen molar-refractivity contribution in [2.75, 3.05) is 0 Å². The first kappa shape index (κ1) is 8.33. The van der Waals surface area contributed by atoms with Gasteiger partial charge in [0.05, 0.1) is 5.92 Å². The van der Waals surface area contributed by atoms with Gasteiger partial charge < -0.3 is 0 Å². The van der Waals surface area contributed by atoms with Gasteiger partial charge in [-0.15, -0.1) is 0 Å². The summed E-state index contributed by atoms with van der Waals surface area (Å²) in [7, 11) is 0. The first-order valence-corrected chi connectivity index (χ1v) is 4.30. The molecule has 1 aromatic rings. The predicted octanol–water partition coefficient (Wildman–Crippen LogP) is 1.62. The SMILES string of the molecule is CCC(C(C)=O)c1ncns1. The summed E-state index contributed by atoms with van der Waals surface area (Å²) in [5, 5.41) is 0.833. The van der Waals surface area contributed by atoms with Crippen molar-refractivity contribution < 1.29 is 4.79 Å². The van der Waals surface area contributed by atoms with Gasteiger partial charge in [-0.25, -0.2) is 4.98 Å². The van der Waals surface area contributed by atoms with Crippen molar-refractivity contribution in [3.8, 4) is 0 Å². The summed E-state index contributed by atoms with van der Waals surface area (Å²) in [5.74, 6) is 0.131. The lowest BCUT2D eigenvalue weighted by atomic mass is 10.0. The number of aromatic nitrogens is 2. The van der Waals surface area contributed by atoms with E-state index in [2.05, 4.69) is 9.36 Å². The Bertz CT molecular complexity index is 233. The minimum absolute atomic E-state index is 0.0394. The van der Waals surface area contributed by atoms with Gasteiger partial charge in [0, 0.05) is 0 Å². The number of rotatable bonds is 3. The van der Waals surface area contributed by atoms with Gasteiger partial charge in [0.25, 0.3) is 0 Å². The molecule has 0 N–H and O–H groups in total. The molecule has 0 saturated heterocycles. The van der Waals surface area contributed by atoms with E-state index < -0.39 is 0 Å². The van der Waals surface area contributed by atoms with Crippen LogP contribution in [0.1, 0.15) is 31.2 Å². The molecule has 1 rings (SSSR count). The number of hydrogen-bond donors (Lipinski definition) is 0. The van der Waals surface area contributed by atoms with Gasteiger partial charge in [-0.3, -0.25) is 4.79 Å². The van der Waals surface area contributed by atoms with Gasteiger partial charge in [0.15, 0.2) is 0 Å². The van der Waals surface area contributed by atoms with E-state index in [0.29, 0.717) is 0 Å². The number of ketones is 1. The molecular weight excluding hydrogens is 160 g/mol. The Balaban J connectivity index is 2.79. The summed E-state index contributed by atoms with van der Waals surface area (Å²) in [5.41, 5.74) is 0. The molecule has 0 saturated carbocycles. The molecule has 0 aromatic carbocycles. The van der Waals surface area contributed by atoms with Crippen LogP contribution in [0.4, 0.5) is 0 Å². The average Bonchev–Trinajstić information content (AvgIpc) is 2.40. The molecule has 0 aliphatic rings. The zero-order chi connectivity index (χ0) is 8.27. The van der Waals surface area contributed by atoms with Crippen LogP contribution in [0.15, 0.2) is 6.33 Å². The van der Waals surface area contributed by atoms with Gasteiger partial charge in [-0.1, -0.05) is 6.92 Å². The largest absolute Gasteiger partial charge is 0.299 e. The highest BCUT2D eigenvalue weighted by Crippen LogP contribution is 2.20. The lowest BCUT2D eigenvalue weighted by molar-refractivity contribution is -0.118. The highest BCUT2D eigenvalue weighted by atomic mass is 32.1. The van der Waals surface area contributed by atoms with E-state index in [-0.39, 0.29) is 11.7 Å². The Morgan fingerprint density at radius 2 is 2.55 bits per heavy atom. The maximum atomic E-state index is 11.0. The quantitative estimate of drug-likeness (QED) is 0.692. The van der Waals surface area contributed by atoms with Crippen LogP contribution in [0.3, 0.4) is 0 Å². The first-order chi connectivity index (χ1) is 5.25. The summed E-state index contributed by atoms with van der Waals surface area (Å²) in [6.07, 6.45) is 2.30. The van der Waals surface area contributed by atoms with Gasteiger partial charge in [0.2, 0.25) is 0 Å². The second-order valence-corrected chi connectivity index (χ2v) is 3.16. The standard InChI is InChI=1S/C7H10N2OS/c1-3-6(5(2)10)7-8-4-9-11-7/h4,6H,3H2,1-2H3. The van der Waals surface area contributed by atoms with Crippen molar-refractivity contribution in [1.82, 2.24) is 9.36 Å². The molecule has 0 bridgehead atoms. The lowest BCUT2D eigenvalue weighted by Gasteiger charge is -2.04. The van der Waals surface area contributed by atoms with Crippen LogP contribution in [0.2, 0.25) is 0 Å². The highest BCUT2D eigenvalue weighted by Gasteiger charge is 2.16. The maximum absolute atomic E-state index is 11.0. The number of carbonyl (C=O) groups excluding carboxylic acids is 1. The predicted molar refractivity (Wildman–Crippen MR) is 43.6 cm³/mol. The Morgan fingerprint density at radius 3 is 2.91 bits per heavy atom. The van der Waals surface area contributed by atoms with Gasteiger partial charge in [-0.2, -0.15) is 4.37 Å². The molecule has 0 fully saturated rings. The molecule has 60 valence electrons. The molecule has 3 nitrogen and oxygen atoms in total. The van der Waals surface area contributed by atoms with Crippen molar-refractivity contribution in [2.45, 2.75) is 26.2 Å². The number of hydrogen-bond acceptors (Lipinski definition) is 4. The molecule has 1 unspecified atom stereocenters. The summed E-state index contributed by atoms with van der Waals surface area (Å²) in [4.78, 5) is 15.0. The van der Waals surface area contributed by atoms with Crippen molar-refractivity contribution >= 4 is 17.3 Å². The zero-order valence-corrected chi connectivity index (χ0v) is 7.39. The molecule has 0 spiro atoms. The van der Waals surface area contributed by atoms with Gasteiger partial charge in [-0.05, 0) is 24.9 Å². The van der Waals surface area contributed by atoms with Crippen LogP contribution in [-0.2, 0) is 4.79 Å². The molecule has 0 aliphatic heterocycles. The van der Waals surface area contributed by atoms with Crippen molar-refractivity contribution in [1.29, 1.82) is 0 Å². The summed E-state index contributed by atoms with van der Waals surface area (Å²) < 4.78 is 3.85. The Labute approximate surface area is 69.6 Å². The number of nitrogens with zero attached hydrogens (tertiary/aromatic N) is 2. The van der Waals surface area contributed by atoms with E-state index in [9.17, 15) is 4.79 Å². The van der Waals surface area contributed by atoms with Crippen molar-refractivity contribution in [2.24, 2.45) is 0 Å². The summed E-state index contributed by atoms with van der Waals surface area (Å²) in [6.45, 7) is 3.57.